The first kappa shape index (κ1) is 21.9. The number of hydrogen-bond acceptors (Lipinski definition) is 6. The number of methoxy groups -OCH3 is 1. The molecule has 0 bridgehead atoms. The second-order valence-corrected chi connectivity index (χ2v) is 8.34. The molecule has 1 fully saturated rings. The van der Waals surface area contributed by atoms with E-state index < -0.39 is 0 Å². The zero-order valence-electron chi connectivity index (χ0n) is 19.1. The summed E-state index contributed by atoms with van der Waals surface area (Å²) in [6.45, 7) is 3.27. The van der Waals surface area contributed by atoms with Gasteiger partial charge in [-0.3, -0.25) is 9.78 Å². The Hall–Kier alpha value is -3.32. The van der Waals surface area contributed by atoms with Gasteiger partial charge in [0, 0.05) is 57.5 Å². The van der Waals surface area contributed by atoms with Gasteiger partial charge in [0.2, 0.25) is 5.95 Å². The highest BCUT2D eigenvalue weighted by Crippen LogP contribution is 2.38. The molecule has 1 aliphatic rings. The van der Waals surface area contributed by atoms with E-state index in [4.69, 9.17) is 9.72 Å². The third-order valence-electron chi connectivity index (χ3n) is 5.86. The number of likely N-dealkylation sites (tertiary alicyclic amines) is 1. The van der Waals surface area contributed by atoms with E-state index in [1.54, 1.807) is 13.3 Å². The molecule has 1 saturated heterocycles. The van der Waals surface area contributed by atoms with Crippen LogP contribution < -0.4 is 4.90 Å². The van der Waals surface area contributed by atoms with E-state index in [0.29, 0.717) is 24.7 Å². The van der Waals surface area contributed by atoms with Crippen molar-refractivity contribution in [1.29, 1.82) is 0 Å². The summed E-state index contributed by atoms with van der Waals surface area (Å²) >= 11 is 0. The summed E-state index contributed by atoms with van der Waals surface area (Å²) in [4.78, 5) is 31.0. The highest BCUT2D eigenvalue weighted by atomic mass is 16.5. The lowest BCUT2D eigenvalue weighted by molar-refractivity contribution is 0.0733. The van der Waals surface area contributed by atoms with E-state index in [1.807, 2.05) is 73.5 Å². The average Bonchev–Trinajstić information content (AvgIpc) is 3.29. The monoisotopic (exact) mass is 431 g/mol. The maximum absolute atomic E-state index is 13.5. The molecular weight excluding hydrogens is 402 g/mol. The van der Waals surface area contributed by atoms with Crippen LogP contribution >= 0.6 is 0 Å². The molecule has 1 amide bonds. The largest absolute Gasteiger partial charge is 0.380 e. The molecule has 1 aliphatic heterocycles. The molecule has 0 aliphatic carbocycles. The standard InChI is InChI=1S/C25H29N5O2/c1-17-14-26-12-11-20(17)21-15-27-25(29(2)3)28-23(21)22-6-5-13-30(22)24(31)19-9-7-18(8-10-19)16-32-4/h7-12,14-15,22H,5-6,13,16H2,1-4H3/t22-/m1/s1. The summed E-state index contributed by atoms with van der Waals surface area (Å²) < 4.78 is 5.18. The molecule has 1 aromatic carbocycles. The van der Waals surface area contributed by atoms with Crippen molar-refractivity contribution in [2.75, 3.05) is 32.6 Å². The Morgan fingerprint density at radius 3 is 2.62 bits per heavy atom. The Balaban J connectivity index is 1.73. The zero-order chi connectivity index (χ0) is 22.7. The zero-order valence-corrected chi connectivity index (χ0v) is 19.1. The van der Waals surface area contributed by atoms with Crippen LogP contribution in [0.25, 0.3) is 11.1 Å². The van der Waals surface area contributed by atoms with Crippen molar-refractivity contribution in [1.82, 2.24) is 19.9 Å². The van der Waals surface area contributed by atoms with Gasteiger partial charge in [-0.25, -0.2) is 9.97 Å². The predicted octanol–water partition coefficient (Wildman–Crippen LogP) is 4.04. The predicted molar refractivity (Wildman–Crippen MR) is 124 cm³/mol. The topological polar surface area (TPSA) is 71.5 Å². The Morgan fingerprint density at radius 2 is 1.94 bits per heavy atom. The number of nitrogens with zero attached hydrogens (tertiary/aromatic N) is 5. The van der Waals surface area contributed by atoms with E-state index in [1.165, 1.54) is 0 Å². The van der Waals surface area contributed by atoms with Crippen molar-refractivity contribution in [3.8, 4) is 11.1 Å². The van der Waals surface area contributed by atoms with E-state index in [2.05, 4.69) is 9.97 Å². The molecule has 2 aromatic heterocycles. The van der Waals surface area contributed by atoms with Crippen LogP contribution in [-0.4, -0.2) is 53.5 Å². The van der Waals surface area contributed by atoms with Gasteiger partial charge in [0.1, 0.15) is 0 Å². The summed E-state index contributed by atoms with van der Waals surface area (Å²) in [5, 5.41) is 0. The number of benzene rings is 1. The molecule has 4 rings (SSSR count). The smallest absolute Gasteiger partial charge is 0.254 e. The maximum atomic E-state index is 13.5. The fourth-order valence-electron chi connectivity index (χ4n) is 4.21. The van der Waals surface area contributed by atoms with Gasteiger partial charge in [0.25, 0.3) is 5.91 Å². The normalized spacial score (nSPS) is 15.8. The van der Waals surface area contributed by atoms with Crippen LogP contribution in [0, 0.1) is 6.92 Å². The summed E-state index contributed by atoms with van der Waals surface area (Å²) in [7, 11) is 5.52. The number of aromatic nitrogens is 3. The average molecular weight is 432 g/mol. The number of amides is 1. The lowest BCUT2D eigenvalue weighted by atomic mass is 9.97. The lowest BCUT2D eigenvalue weighted by Crippen LogP contribution is -2.31. The quantitative estimate of drug-likeness (QED) is 0.587. The van der Waals surface area contributed by atoms with Gasteiger partial charge in [0.05, 0.1) is 18.3 Å². The third-order valence-corrected chi connectivity index (χ3v) is 5.86. The second-order valence-electron chi connectivity index (χ2n) is 8.34. The van der Waals surface area contributed by atoms with Crippen molar-refractivity contribution < 1.29 is 9.53 Å². The SMILES string of the molecule is COCc1ccc(C(=O)N2CCC[C@@H]2c2nc(N(C)C)ncc2-c2ccncc2C)cc1. The number of rotatable bonds is 6. The number of aryl methyl sites for hydroxylation is 1. The molecule has 0 saturated carbocycles. The fraction of sp³-hybridized carbons (Fsp3) is 0.360. The number of carbonyl (C=O) groups excluding carboxylic acids is 1. The first-order chi connectivity index (χ1) is 15.5. The highest BCUT2D eigenvalue weighted by Gasteiger charge is 2.34. The molecular formula is C25H29N5O2. The molecule has 1 atom stereocenters. The Kier molecular flexibility index (Phi) is 6.46. The van der Waals surface area contributed by atoms with E-state index in [0.717, 1.165) is 40.8 Å². The Morgan fingerprint density at radius 1 is 1.16 bits per heavy atom. The second kappa shape index (κ2) is 9.44. The number of anilines is 1. The minimum absolute atomic E-state index is 0.0267. The highest BCUT2D eigenvalue weighted by molar-refractivity contribution is 5.95. The number of pyridine rings is 1. The maximum Gasteiger partial charge on any atom is 0.254 e. The molecule has 0 N–H and O–H groups in total. The first-order valence-corrected chi connectivity index (χ1v) is 10.8. The van der Waals surface area contributed by atoms with Gasteiger partial charge in [-0.1, -0.05) is 12.1 Å². The lowest BCUT2D eigenvalue weighted by Gasteiger charge is -2.27. The fourth-order valence-corrected chi connectivity index (χ4v) is 4.21. The van der Waals surface area contributed by atoms with Crippen LogP contribution in [0.1, 0.15) is 46.1 Å². The molecule has 7 nitrogen and oxygen atoms in total. The van der Waals surface area contributed by atoms with E-state index in [-0.39, 0.29) is 11.9 Å². The molecule has 3 aromatic rings. The molecule has 32 heavy (non-hydrogen) atoms. The third kappa shape index (κ3) is 4.34. The first-order valence-electron chi connectivity index (χ1n) is 10.8. The molecule has 0 spiro atoms. The van der Waals surface area contributed by atoms with Crippen LogP contribution in [0.15, 0.2) is 48.9 Å². The summed E-state index contributed by atoms with van der Waals surface area (Å²) in [5.74, 6) is 0.664. The number of carbonyl (C=O) groups is 1. The molecule has 0 radical (unpaired) electrons. The van der Waals surface area contributed by atoms with Crippen LogP contribution in [-0.2, 0) is 11.3 Å². The summed E-state index contributed by atoms with van der Waals surface area (Å²) in [6.07, 6.45) is 7.31. The molecule has 0 unspecified atom stereocenters. The van der Waals surface area contributed by atoms with Crippen LogP contribution in [0.3, 0.4) is 0 Å². The van der Waals surface area contributed by atoms with Gasteiger partial charge in [0.15, 0.2) is 0 Å². The summed E-state index contributed by atoms with van der Waals surface area (Å²) in [5.41, 5.74) is 5.67. The van der Waals surface area contributed by atoms with Gasteiger partial charge in [-0.05, 0) is 54.7 Å². The van der Waals surface area contributed by atoms with Crippen molar-refractivity contribution in [2.24, 2.45) is 0 Å². The molecule has 3 heterocycles. The Bertz CT molecular complexity index is 1100. The van der Waals surface area contributed by atoms with Gasteiger partial charge in [-0.15, -0.1) is 0 Å². The van der Waals surface area contributed by atoms with E-state index in [9.17, 15) is 4.79 Å². The molecule has 7 heteroatoms. The van der Waals surface area contributed by atoms with Crippen LogP contribution in [0.4, 0.5) is 5.95 Å². The van der Waals surface area contributed by atoms with Crippen LogP contribution in [0.2, 0.25) is 0 Å². The van der Waals surface area contributed by atoms with Gasteiger partial charge < -0.3 is 14.5 Å². The van der Waals surface area contributed by atoms with Crippen molar-refractivity contribution in [3.05, 3.63) is 71.3 Å². The minimum Gasteiger partial charge on any atom is -0.380 e. The minimum atomic E-state index is -0.106. The number of hydrogen-bond donors (Lipinski definition) is 0. The molecule has 166 valence electrons. The van der Waals surface area contributed by atoms with Crippen LogP contribution in [0.5, 0.6) is 0 Å². The van der Waals surface area contributed by atoms with Crippen molar-refractivity contribution in [2.45, 2.75) is 32.4 Å². The Labute approximate surface area is 189 Å². The van der Waals surface area contributed by atoms with Gasteiger partial charge >= 0.3 is 0 Å². The van der Waals surface area contributed by atoms with Crippen molar-refractivity contribution in [3.63, 3.8) is 0 Å². The van der Waals surface area contributed by atoms with Gasteiger partial charge in [-0.2, -0.15) is 0 Å². The number of ether oxygens (including phenoxy) is 1. The summed E-state index contributed by atoms with van der Waals surface area (Å²) in [6, 6.07) is 9.54. The van der Waals surface area contributed by atoms with Crippen molar-refractivity contribution >= 4 is 11.9 Å². The van der Waals surface area contributed by atoms with E-state index >= 15 is 0 Å².